The maximum absolute atomic E-state index is 9.35. The fourth-order valence-electron chi connectivity index (χ4n) is 3.47. The molecule has 0 radical (unpaired) electrons. The molecular formula is C19H20O2. The third kappa shape index (κ3) is 2.11. The van der Waals surface area contributed by atoms with Crippen molar-refractivity contribution in [3.05, 3.63) is 84.4 Å². The van der Waals surface area contributed by atoms with Crippen LogP contribution in [0.4, 0.5) is 0 Å². The Labute approximate surface area is 125 Å². The first-order chi connectivity index (χ1) is 10.2. The first-order valence-corrected chi connectivity index (χ1v) is 7.24. The molecule has 0 amide bonds. The topological polar surface area (TPSA) is 29.5 Å². The maximum Gasteiger partial charge on any atom is 0.122 e. The van der Waals surface area contributed by atoms with Crippen molar-refractivity contribution in [1.82, 2.24) is 0 Å². The molecular weight excluding hydrogens is 260 g/mol. The van der Waals surface area contributed by atoms with Gasteiger partial charge in [-0.05, 0) is 24.5 Å². The Morgan fingerprint density at radius 2 is 1.57 bits per heavy atom. The van der Waals surface area contributed by atoms with Crippen molar-refractivity contribution in [2.75, 3.05) is 0 Å². The highest BCUT2D eigenvalue weighted by molar-refractivity contribution is 5.49. The highest BCUT2D eigenvalue weighted by atomic mass is 17.1. The smallest absolute Gasteiger partial charge is 0.122 e. The molecule has 1 N–H and O–H groups in total. The van der Waals surface area contributed by atoms with Crippen LogP contribution in [0.3, 0.4) is 0 Å². The van der Waals surface area contributed by atoms with E-state index in [0.717, 1.165) is 6.42 Å². The SMILES string of the molecule is C=C[C@](C)(OO)C1CC1(c1ccccc1)c1ccccc1. The van der Waals surface area contributed by atoms with E-state index in [1.165, 1.54) is 11.1 Å². The fourth-order valence-corrected chi connectivity index (χ4v) is 3.47. The molecule has 108 valence electrons. The van der Waals surface area contributed by atoms with E-state index >= 15 is 0 Å². The monoisotopic (exact) mass is 280 g/mol. The van der Waals surface area contributed by atoms with Crippen LogP contribution in [-0.4, -0.2) is 10.9 Å². The summed E-state index contributed by atoms with van der Waals surface area (Å²) in [5.74, 6) is 0.164. The van der Waals surface area contributed by atoms with Crippen molar-refractivity contribution in [1.29, 1.82) is 0 Å². The minimum atomic E-state index is -0.744. The van der Waals surface area contributed by atoms with Crippen LogP contribution < -0.4 is 0 Å². The second kappa shape index (κ2) is 5.14. The van der Waals surface area contributed by atoms with Crippen molar-refractivity contribution in [2.45, 2.75) is 24.4 Å². The van der Waals surface area contributed by atoms with E-state index in [9.17, 15) is 5.26 Å². The van der Waals surface area contributed by atoms with E-state index in [4.69, 9.17) is 4.89 Å². The van der Waals surface area contributed by atoms with Gasteiger partial charge in [0.25, 0.3) is 0 Å². The molecule has 2 atom stereocenters. The molecule has 3 rings (SSSR count). The van der Waals surface area contributed by atoms with Crippen LogP contribution in [0.1, 0.15) is 24.5 Å². The van der Waals surface area contributed by atoms with Crippen LogP contribution in [0.2, 0.25) is 0 Å². The Balaban J connectivity index is 2.10. The number of benzene rings is 2. The van der Waals surface area contributed by atoms with E-state index in [1.54, 1.807) is 6.08 Å². The van der Waals surface area contributed by atoms with Gasteiger partial charge in [-0.2, -0.15) is 0 Å². The van der Waals surface area contributed by atoms with Crippen LogP contribution in [0.5, 0.6) is 0 Å². The van der Waals surface area contributed by atoms with Crippen LogP contribution in [-0.2, 0) is 10.3 Å². The molecule has 2 aromatic rings. The van der Waals surface area contributed by atoms with Crippen LogP contribution in [0.15, 0.2) is 73.3 Å². The average Bonchev–Trinajstić information content (AvgIpc) is 3.33. The largest absolute Gasteiger partial charge is 0.251 e. The van der Waals surface area contributed by atoms with E-state index in [0.29, 0.717) is 0 Å². The molecule has 2 aromatic carbocycles. The van der Waals surface area contributed by atoms with E-state index < -0.39 is 5.60 Å². The summed E-state index contributed by atoms with van der Waals surface area (Å²) in [7, 11) is 0. The number of hydrogen-bond donors (Lipinski definition) is 1. The van der Waals surface area contributed by atoms with E-state index in [-0.39, 0.29) is 11.3 Å². The van der Waals surface area contributed by atoms with Crippen molar-refractivity contribution >= 4 is 0 Å². The van der Waals surface area contributed by atoms with Gasteiger partial charge in [0.15, 0.2) is 0 Å². The van der Waals surface area contributed by atoms with Crippen LogP contribution >= 0.6 is 0 Å². The molecule has 1 aliphatic carbocycles. The molecule has 0 spiro atoms. The molecule has 0 aliphatic heterocycles. The molecule has 1 fully saturated rings. The first kappa shape index (κ1) is 14.1. The van der Waals surface area contributed by atoms with Gasteiger partial charge in [-0.3, -0.25) is 5.26 Å². The number of hydrogen-bond acceptors (Lipinski definition) is 2. The Kier molecular flexibility index (Phi) is 3.44. The lowest BCUT2D eigenvalue weighted by atomic mass is 9.81. The zero-order valence-electron chi connectivity index (χ0n) is 12.2. The normalized spacial score (nSPS) is 22.3. The summed E-state index contributed by atoms with van der Waals surface area (Å²) in [6.07, 6.45) is 2.63. The van der Waals surface area contributed by atoms with Gasteiger partial charge in [0, 0.05) is 11.3 Å². The van der Waals surface area contributed by atoms with Gasteiger partial charge in [-0.15, -0.1) is 6.58 Å². The van der Waals surface area contributed by atoms with Crippen LogP contribution in [0, 0.1) is 5.92 Å². The van der Waals surface area contributed by atoms with E-state index in [2.05, 4.69) is 55.1 Å². The standard InChI is InChI=1S/C19H20O2/c1-3-18(2,21-20)17-14-19(17,15-10-6-4-7-11-15)16-12-8-5-9-13-16/h3-13,17,20H,1,14H2,2H3/t17?,18-/m0/s1. The lowest BCUT2D eigenvalue weighted by molar-refractivity contribution is -0.309. The molecule has 0 bridgehead atoms. The zero-order chi connectivity index (χ0) is 14.9. The third-order valence-corrected chi connectivity index (χ3v) is 4.83. The molecule has 2 nitrogen and oxygen atoms in total. The summed E-state index contributed by atoms with van der Waals surface area (Å²) in [4.78, 5) is 4.79. The summed E-state index contributed by atoms with van der Waals surface area (Å²) in [5.41, 5.74) is 1.65. The predicted molar refractivity (Wildman–Crippen MR) is 84.1 cm³/mol. The van der Waals surface area contributed by atoms with Crippen molar-refractivity contribution < 1.29 is 10.1 Å². The van der Waals surface area contributed by atoms with Gasteiger partial charge in [0.2, 0.25) is 0 Å². The Morgan fingerprint density at radius 1 is 1.10 bits per heavy atom. The average molecular weight is 280 g/mol. The summed E-state index contributed by atoms with van der Waals surface area (Å²) in [6.45, 7) is 5.72. The third-order valence-electron chi connectivity index (χ3n) is 4.83. The Morgan fingerprint density at radius 3 is 1.95 bits per heavy atom. The second-order valence-electron chi connectivity index (χ2n) is 5.94. The summed E-state index contributed by atoms with van der Waals surface area (Å²) >= 11 is 0. The van der Waals surface area contributed by atoms with Gasteiger partial charge in [0.1, 0.15) is 5.60 Å². The predicted octanol–water partition coefficient (Wildman–Crippen LogP) is 4.43. The summed E-state index contributed by atoms with van der Waals surface area (Å²) in [6, 6.07) is 20.9. The summed E-state index contributed by atoms with van der Waals surface area (Å²) < 4.78 is 0. The van der Waals surface area contributed by atoms with Gasteiger partial charge in [-0.1, -0.05) is 66.7 Å². The van der Waals surface area contributed by atoms with E-state index in [1.807, 2.05) is 19.1 Å². The molecule has 21 heavy (non-hydrogen) atoms. The summed E-state index contributed by atoms with van der Waals surface area (Å²) in [5, 5.41) is 9.35. The Hall–Kier alpha value is -1.90. The lowest BCUT2D eigenvalue weighted by Crippen LogP contribution is -2.32. The van der Waals surface area contributed by atoms with Gasteiger partial charge in [0.05, 0.1) is 0 Å². The molecule has 0 saturated heterocycles. The zero-order valence-corrected chi connectivity index (χ0v) is 12.2. The maximum atomic E-state index is 9.35. The van der Waals surface area contributed by atoms with Crippen LogP contribution in [0.25, 0.3) is 0 Å². The Bertz CT molecular complexity index is 581. The quantitative estimate of drug-likeness (QED) is 0.499. The van der Waals surface area contributed by atoms with Gasteiger partial charge >= 0.3 is 0 Å². The number of rotatable bonds is 5. The lowest BCUT2D eigenvalue weighted by Gasteiger charge is -2.27. The minimum absolute atomic E-state index is 0.117. The highest BCUT2D eigenvalue weighted by Crippen LogP contribution is 2.63. The van der Waals surface area contributed by atoms with Crippen molar-refractivity contribution in [3.8, 4) is 0 Å². The van der Waals surface area contributed by atoms with Crippen molar-refractivity contribution in [3.63, 3.8) is 0 Å². The van der Waals surface area contributed by atoms with Gasteiger partial charge in [-0.25, -0.2) is 4.89 Å². The fraction of sp³-hybridized carbons (Fsp3) is 0.263. The molecule has 0 aromatic heterocycles. The van der Waals surface area contributed by atoms with Crippen molar-refractivity contribution in [2.24, 2.45) is 5.92 Å². The molecule has 0 heterocycles. The molecule has 2 heteroatoms. The molecule has 1 saturated carbocycles. The highest BCUT2D eigenvalue weighted by Gasteiger charge is 2.63. The van der Waals surface area contributed by atoms with Gasteiger partial charge < -0.3 is 0 Å². The molecule has 1 aliphatic rings. The minimum Gasteiger partial charge on any atom is -0.251 e. The second-order valence-corrected chi connectivity index (χ2v) is 5.94. The molecule has 1 unspecified atom stereocenters. The first-order valence-electron chi connectivity index (χ1n) is 7.24.